The van der Waals surface area contributed by atoms with E-state index in [4.69, 9.17) is 5.11 Å². The van der Waals surface area contributed by atoms with Crippen LogP contribution in [0.4, 0.5) is 0 Å². The van der Waals surface area contributed by atoms with Crippen molar-refractivity contribution in [3.63, 3.8) is 0 Å². The van der Waals surface area contributed by atoms with Crippen LogP contribution in [0.3, 0.4) is 0 Å². The fraction of sp³-hybridized carbons (Fsp3) is 0.222. The average molecular weight is 174 g/mol. The molecule has 2 heterocycles. The molecule has 0 unspecified atom stereocenters. The van der Waals surface area contributed by atoms with Gasteiger partial charge in [-0.1, -0.05) is 6.07 Å². The SMILES string of the molecule is BCc1c(CO)nc2ccccn12. The summed E-state index contributed by atoms with van der Waals surface area (Å²) < 4.78 is 2.02. The second-order valence-corrected chi connectivity index (χ2v) is 2.95. The third-order valence-corrected chi connectivity index (χ3v) is 2.20. The highest BCUT2D eigenvalue weighted by atomic mass is 16.3. The summed E-state index contributed by atoms with van der Waals surface area (Å²) in [6, 6.07) is 5.86. The number of hydrogen-bond acceptors (Lipinski definition) is 2. The molecule has 0 aliphatic heterocycles. The fourth-order valence-corrected chi connectivity index (χ4v) is 1.60. The van der Waals surface area contributed by atoms with Crippen molar-refractivity contribution in [2.24, 2.45) is 0 Å². The third-order valence-electron chi connectivity index (χ3n) is 2.20. The van der Waals surface area contributed by atoms with Gasteiger partial charge in [0.1, 0.15) is 13.5 Å². The summed E-state index contributed by atoms with van der Waals surface area (Å²) in [6.45, 7) is 0.0187. The summed E-state index contributed by atoms with van der Waals surface area (Å²) >= 11 is 0. The van der Waals surface area contributed by atoms with Crippen molar-refractivity contribution in [1.29, 1.82) is 0 Å². The van der Waals surface area contributed by atoms with E-state index in [0.717, 1.165) is 23.4 Å². The lowest BCUT2D eigenvalue weighted by molar-refractivity contribution is 0.276. The number of rotatable bonds is 2. The van der Waals surface area contributed by atoms with Crippen molar-refractivity contribution in [2.45, 2.75) is 12.9 Å². The van der Waals surface area contributed by atoms with Gasteiger partial charge in [-0.15, -0.1) is 0 Å². The van der Waals surface area contributed by atoms with Crippen LogP contribution in [0.15, 0.2) is 24.4 Å². The first-order chi connectivity index (χ1) is 6.36. The molecule has 2 aromatic heterocycles. The summed E-state index contributed by atoms with van der Waals surface area (Å²) in [4.78, 5) is 4.31. The van der Waals surface area contributed by atoms with Gasteiger partial charge < -0.3 is 9.51 Å². The Hall–Kier alpha value is -1.29. The number of aromatic nitrogens is 2. The number of pyridine rings is 1. The van der Waals surface area contributed by atoms with E-state index in [1.807, 2.05) is 28.8 Å². The molecule has 0 aliphatic carbocycles. The van der Waals surface area contributed by atoms with Crippen molar-refractivity contribution in [3.8, 4) is 0 Å². The Bertz CT molecular complexity index is 424. The molecule has 2 aromatic rings. The van der Waals surface area contributed by atoms with Crippen LogP contribution >= 0.6 is 0 Å². The Labute approximate surface area is 77.4 Å². The van der Waals surface area contributed by atoms with E-state index in [1.54, 1.807) is 0 Å². The molecule has 0 saturated carbocycles. The lowest BCUT2D eigenvalue weighted by Gasteiger charge is -1.98. The van der Waals surface area contributed by atoms with E-state index in [2.05, 4.69) is 12.8 Å². The third kappa shape index (κ3) is 1.23. The minimum atomic E-state index is 0.0187. The predicted octanol–water partition coefficient (Wildman–Crippen LogP) is -0.0403. The average Bonchev–Trinajstić information content (AvgIpc) is 2.55. The van der Waals surface area contributed by atoms with Crippen molar-refractivity contribution in [1.82, 2.24) is 9.38 Å². The second kappa shape index (κ2) is 3.22. The minimum Gasteiger partial charge on any atom is -0.390 e. The van der Waals surface area contributed by atoms with Gasteiger partial charge in [0.2, 0.25) is 0 Å². The van der Waals surface area contributed by atoms with Gasteiger partial charge in [-0.3, -0.25) is 0 Å². The highest BCUT2D eigenvalue weighted by Gasteiger charge is 2.07. The lowest BCUT2D eigenvalue weighted by Crippen LogP contribution is -1.96. The van der Waals surface area contributed by atoms with Gasteiger partial charge in [0.05, 0.1) is 12.3 Å². The predicted molar refractivity (Wildman–Crippen MR) is 53.4 cm³/mol. The highest BCUT2D eigenvalue weighted by Crippen LogP contribution is 2.11. The van der Waals surface area contributed by atoms with Crippen LogP contribution < -0.4 is 0 Å². The molecule has 66 valence electrons. The molecule has 0 spiro atoms. The van der Waals surface area contributed by atoms with Gasteiger partial charge in [-0.05, 0) is 18.5 Å². The zero-order valence-corrected chi connectivity index (χ0v) is 7.57. The fourth-order valence-electron chi connectivity index (χ4n) is 1.60. The monoisotopic (exact) mass is 174 g/mol. The van der Waals surface area contributed by atoms with Gasteiger partial charge in [0.15, 0.2) is 0 Å². The zero-order valence-electron chi connectivity index (χ0n) is 7.57. The molecule has 2 rings (SSSR count). The zero-order chi connectivity index (χ0) is 9.26. The van der Waals surface area contributed by atoms with Crippen LogP contribution in [0, 0.1) is 0 Å². The normalized spacial score (nSPS) is 10.8. The maximum atomic E-state index is 9.07. The van der Waals surface area contributed by atoms with E-state index in [9.17, 15) is 0 Å². The second-order valence-electron chi connectivity index (χ2n) is 2.95. The molecule has 0 fully saturated rings. The molecule has 1 N–H and O–H groups in total. The van der Waals surface area contributed by atoms with E-state index >= 15 is 0 Å². The number of imidazole rings is 1. The Morgan fingerprint density at radius 2 is 2.31 bits per heavy atom. The van der Waals surface area contributed by atoms with Crippen molar-refractivity contribution in [2.75, 3.05) is 0 Å². The molecule has 13 heavy (non-hydrogen) atoms. The van der Waals surface area contributed by atoms with Gasteiger partial charge in [-0.2, -0.15) is 0 Å². The Morgan fingerprint density at radius 3 is 3.00 bits per heavy atom. The summed E-state index contributed by atoms with van der Waals surface area (Å²) in [5, 5.41) is 9.07. The Kier molecular flexibility index (Phi) is 2.06. The molecule has 0 bridgehead atoms. The Balaban J connectivity index is 2.73. The van der Waals surface area contributed by atoms with E-state index in [1.165, 1.54) is 0 Å². The van der Waals surface area contributed by atoms with Gasteiger partial charge >= 0.3 is 0 Å². The molecular formula is C9H11BN2O. The molecule has 0 radical (unpaired) electrons. The van der Waals surface area contributed by atoms with Gasteiger partial charge in [0.25, 0.3) is 0 Å². The quantitative estimate of drug-likeness (QED) is 0.648. The van der Waals surface area contributed by atoms with Crippen LogP contribution in [0.5, 0.6) is 0 Å². The number of nitrogens with zero attached hydrogens (tertiary/aromatic N) is 2. The van der Waals surface area contributed by atoms with E-state index in [0.29, 0.717) is 0 Å². The maximum Gasteiger partial charge on any atom is 0.137 e. The number of hydrogen-bond donors (Lipinski definition) is 1. The molecule has 0 saturated heterocycles. The van der Waals surface area contributed by atoms with Gasteiger partial charge in [-0.25, -0.2) is 4.98 Å². The van der Waals surface area contributed by atoms with Crippen molar-refractivity contribution >= 4 is 13.5 Å². The molecule has 0 aliphatic rings. The molecular weight excluding hydrogens is 163 g/mol. The van der Waals surface area contributed by atoms with Crippen LogP contribution in [0.1, 0.15) is 11.4 Å². The van der Waals surface area contributed by atoms with E-state index in [-0.39, 0.29) is 6.61 Å². The van der Waals surface area contributed by atoms with Crippen LogP contribution in [-0.4, -0.2) is 22.3 Å². The van der Waals surface area contributed by atoms with Crippen molar-refractivity contribution < 1.29 is 5.11 Å². The maximum absolute atomic E-state index is 9.07. The standard InChI is InChI=1S/C9H11BN2O/c10-5-8-7(6-13)11-9-3-1-2-4-12(8)9/h1-4,13H,5-6,10H2. The first-order valence-corrected chi connectivity index (χ1v) is 4.42. The van der Waals surface area contributed by atoms with Crippen molar-refractivity contribution in [3.05, 3.63) is 35.8 Å². The lowest BCUT2D eigenvalue weighted by atomic mass is 10.0. The number of aliphatic hydroxyl groups excluding tert-OH is 1. The summed E-state index contributed by atoms with van der Waals surface area (Å²) in [7, 11) is 2.07. The van der Waals surface area contributed by atoms with E-state index < -0.39 is 0 Å². The summed E-state index contributed by atoms with van der Waals surface area (Å²) in [5.74, 6) is 0. The van der Waals surface area contributed by atoms with Crippen LogP contribution in [0.2, 0.25) is 0 Å². The molecule has 0 atom stereocenters. The molecule has 3 nitrogen and oxygen atoms in total. The van der Waals surface area contributed by atoms with Crippen LogP contribution in [-0.2, 0) is 12.9 Å². The van der Waals surface area contributed by atoms with Crippen LogP contribution in [0.25, 0.3) is 5.65 Å². The topological polar surface area (TPSA) is 37.5 Å². The molecule has 4 heteroatoms. The number of fused-ring (bicyclic) bond motifs is 1. The highest BCUT2D eigenvalue weighted by molar-refractivity contribution is 6.08. The minimum absolute atomic E-state index is 0.0187. The smallest absolute Gasteiger partial charge is 0.137 e. The van der Waals surface area contributed by atoms with Gasteiger partial charge in [0, 0.05) is 11.9 Å². The summed E-state index contributed by atoms with van der Waals surface area (Å²) in [6.07, 6.45) is 2.86. The summed E-state index contributed by atoms with van der Waals surface area (Å²) in [5.41, 5.74) is 2.79. The molecule has 0 aromatic carbocycles. The largest absolute Gasteiger partial charge is 0.390 e. The number of aliphatic hydroxyl groups is 1. The first kappa shape index (κ1) is 8.32. The first-order valence-electron chi connectivity index (χ1n) is 4.42. The Morgan fingerprint density at radius 1 is 1.46 bits per heavy atom. The molecule has 0 amide bonds.